The van der Waals surface area contributed by atoms with E-state index in [1.54, 1.807) is 12.4 Å². The van der Waals surface area contributed by atoms with Crippen LogP contribution in [0, 0.1) is 20.9 Å². The standard InChI is InChI=1S/C39H46N6O3/c1-4-5-6-7-8-9-10-11-12-13-14-28-23-34(44-26-35(40-27-44)45(47)48)39(3)21-18-33-32(36(28)39)16-15-30-24-31(17-20-38(30,33)2)43-37(46)29-19-22-41-42-25-29/h15-19,21-27H,4-14,20H2,1-3H3,(H,43,46)/t38-,39-/m1/s1. The number of hydrogen-bond acceptors (Lipinski definition) is 6. The molecule has 1 N–H and O–H groups in total. The van der Waals surface area contributed by atoms with E-state index in [0.29, 0.717) is 5.56 Å². The van der Waals surface area contributed by atoms with E-state index in [1.807, 2.05) is 4.57 Å². The van der Waals surface area contributed by atoms with Crippen LogP contribution >= 0.6 is 0 Å². The Labute approximate surface area is 283 Å². The third-order valence-corrected chi connectivity index (χ3v) is 10.5. The number of carbonyl (C=O) groups is 1. The highest BCUT2D eigenvalue weighted by Gasteiger charge is 2.47. The number of aromatic nitrogens is 4. The van der Waals surface area contributed by atoms with Crippen LogP contribution < -0.4 is 5.32 Å². The van der Waals surface area contributed by atoms with Crippen molar-refractivity contribution in [3.63, 3.8) is 0 Å². The molecule has 250 valence electrons. The van der Waals surface area contributed by atoms with Gasteiger partial charge in [0.2, 0.25) is 6.33 Å². The Bertz CT molecular complexity index is 1790. The maximum absolute atomic E-state index is 12.8. The summed E-state index contributed by atoms with van der Waals surface area (Å²) in [7, 11) is 0. The first kappa shape index (κ1) is 33.2. The van der Waals surface area contributed by atoms with Gasteiger partial charge < -0.3 is 15.4 Å². The van der Waals surface area contributed by atoms with E-state index in [-0.39, 0.29) is 17.1 Å². The average Bonchev–Trinajstić information content (AvgIpc) is 3.69. The highest BCUT2D eigenvalue weighted by atomic mass is 16.6. The van der Waals surface area contributed by atoms with Gasteiger partial charge in [-0.15, -0.1) is 0 Å². The van der Waals surface area contributed by atoms with Gasteiger partial charge in [0.05, 0.1) is 23.4 Å². The minimum absolute atomic E-state index is 0.152. The second kappa shape index (κ2) is 14.2. The van der Waals surface area contributed by atoms with Gasteiger partial charge >= 0.3 is 5.82 Å². The summed E-state index contributed by atoms with van der Waals surface area (Å²) in [6.45, 7) is 6.75. The van der Waals surface area contributed by atoms with Crippen LogP contribution in [-0.2, 0) is 0 Å². The first-order valence-corrected chi connectivity index (χ1v) is 17.5. The summed E-state index contributed by atoms with van der Waals surface area (Å²) < 4.78 is 1.83. The molecule has 0 aliphatic heterocycles. The first-order chi connectivity index (χ1) is 23.2. The molecular weight excluding hydrogens is 600 g/mol. The molecule has 0 unspecified atom stereocenters. The molecule has 0 saturated carbocycles. The molecule has 0 fully saturated rings. The number of amides is 1. The SMILES string of the molecule is CCCCCCCCCCCCC1=C2C3=C(C=C[C@]2(C)C(n2cnc([N+](=O)[O-])c2)=C1)[C@]1(C)CC=C(NC(=O)c2ccnnc2)C=C1C=C3. The second-order valence-corrected chi connectivity index (χ2v) is 13.8. The maximum atomic E-state index is 12.8. The van der Waals surface area contributed by atoms with Crippen LogP contribution in [0.3, 0.4) is 0 Å². The van der Waals surface area contributed by atoms with Crippen LogP contribution in [-0.4, -0.2) is 30.6 Å². The van der Waals surface area contributed by atoms with E-state index in [4.69, 9.17) is 0 Å². The summed E-state index contributed by atoms with van der Waals surface area (Å²) in [6, 6.07) is 1.65. The molecule has 9 heteroatoms. The second-order valence-electron chi connectivity index (χ2n) is 13.8. The predicted octanol–water partition coefficient (Wildman–Crippen LogP) is 9.14. The summed E-state index contributed by atoms with van der Waals surface area (Å²) in [5.74, 6) is -0.364. The summed E-state index contributed by atoms with van der Waals surface area (Å²) >= 11 is 0. The van der Waals surface area contributed by atoms with Crippen LogP contribution in [0.1, 0.15) is 108 Å². The molecule has 1 amide bonds. The number of nitrogens with one attached hydrogen (secondary N) is 1. The van der Waals surface area contributed by atoms with Crippen LogP contribution in [0.4, 0.5) is 5.82 Å². The smallest absolute Gasteiger partial charge is 0.358 e. The molecule has 2 atom stereocenters. The third-order valence-electron chi connectivity index (χ3n) is 10.5. The van der Waals surface area contributed by atoms with Crippen molar-refractivity contribution >= 4 is 17.4 Å². The highest BCUT2D eigenvalue weighted by Crippen LogP contribution is 2.59. The largest absolute Gasteiger partial charge is 0.381 e. The maximum Gasteiger partial charge on any atom is 0.381 e. The molecule has 0 spiro atoms. The van der Waals surface area contributed by atoms with Crippen molar-refractivity contribution in [3.05, 3.63) is 123 Å². The van der Waals surface area contributed by atoms with Crippen molar-refractivity contribution in [1.29, 1.82) is 0 Å². The molecule has 9 nitrogen and oxygen atoms in total. The zero-order chi connectivity index (χ0) is 33.7. The van der Waals surface area contributed by atoms with Gasteiger partial charge in [0.25, 0.3) is 5.91 Å². The van der Waals surface area contributed by atoms with Crippen molar-refractivity contribution < 1.29 is 9.72 Å². The zero-order valence-corrected chi connectivity index (χ0v) is 28.4. The Balaban J connectivity index is 1.23. The lowest BCUT2D eigenvalue weighted by Crippen LogP contribution is -2.33. The molecule has 4 aliphatic carbocycles. The number of allylic oxidation sites excluding steroid dienone is 13. The number of fused-ring (bicyclic) bond motifs is 4. The van der Waals surface area contributed by atoms with Crippen LogP contribution in [0.25, 0.3) is 5.70 Å². The molecule has 6 rings (SSSR count). The van der Waals surface area contributed by atoms with E-state index >= 15 is 0 Å². The molecule has 2 heterocycles. The first-order valence-electron chi connectivity index (χ1n) is 17.5. The molecule has 0 radical (unpaired) electrons. The lowest BCUT2D eigenvalue weighted by molar-refractivity contribution is -0.389. The molecule has 0 bridgehead atoms. The molecular formula is C39H46N6O3. The molecule has 0 aromatic carbocycles. The average molecular weight is 647 g/mol. The van der Waals surface area contributed by atoms with E-state index in [2.05, 4.69) is 83.8 Å². The number of nitro groups is 1. The quantitative estimate of drug-likeness (QED) is 0.117. The molecule has 4 aliphatic rings. The van der Waals surface area contributed by atoms with Gasteiger partial charge in [-0.25, -0.2) is 0 Å². The fraction of sp³-hybridized carbons (Fsp3) is 0.436. The lowest BCUT2D eigenvalue weighted by Gasteiger charge is -2.43. The van der Waals surface area contributed by atoms with E-state index < -0.39 is 10.3 Å². The summed E-state index contributed by atoms with van der Waals surface area (Å²) in [5.41, 5.74) is 7.72. The number of carbonyl (C=O) groups excluding carboxylic acids is 1. The van der Waals surface area contributed by atoms with Gasteiger partial charge in [-0.05, 0) is 82.2 Å². The topological polar surface area (TPSA) is 116 Å². The normalized spacial score (nSPS) is 22.5. The van der Waals surface area contributed by atoms with Crippen molar-refractivity contribution in [2.24, 2.45) is 10.8 Å². The number of imidazole rings is 1. The highest BCUT2D eigenvalue weighted by molar-refractivity contribution is 5.95. The predicted molar refractivity (Wildman–Crippen MR) is 188 cm³/mol. The summed E-state index contributed by atoms with van der Waals surface area (Å²) in [6.07, 6.45) is 36.0. The minimum Gasteiger partial charge on any atom is -0.358 e. The van der Waals surface area contributed by atoms with Gasteiger partial charge in [0, 0.05) is 16.8 Å². The number of rotatable bonds is 15. The Morgan fingerprint density at radius 2 is 1.75 bits per heavy atom. The van der Waals surface area contributed by atoms with Gasteiger partial charge in [-0.2, -0.15) is 10.2 Å². The van der Waals surface area contributed by atoms with Crippen molar-refractivity contribution in [2.75, 3.05) is 0 Å². The monoisotopic (exact) mass is 646 g/mol. The third kappa shape index (κ3) is 6.55. The molecule has 2 aromatic heterocycles. The minimum atomic E-state index is -0.453. The summed E-state index contributed by atoms with van der Waals surface area (Å²) in [5, 5.41) is 22.1. The number of nitrogens with zero attached hydrogens (tertiary/aromatic N) is 5. The number of hydrogen-bond donors (Lipinski definition) is 1. The van der Waals surface area contributed by atoms with Crippen LogP contribution in [0.5, 0.6) is 0 Å². The van der Waals surface area contributed by atoms with Crippen LogP contribution in [0.2, 0.25) is 0 Å². The van der Waals surface area contributed by atoms with Crippen LogP contribution in [0.15, 0.2) is 107 Å². The Morgan fingerprint density at radius 3 is 2.44 bits per heavy atom. The fourth-order valence-corrected chi connectivity index (χ4v) is 7.68. The lowest BCUT2D eigenvalue weighted by atomic mass is 9.61. The Morgan fingerprint density at radius 1 is 1.00 bits per heavy atom. The van der Waals surface area contributed by atoms with Gasteiger partial charge in [-0.1, -0.05) is 102 Å². The number of unbranched alkanes of at least 4 members (excludes halogenated alkanes) is 9. The Hall–Kier alpha value is -4.66. The molecule has 0 saturated heterocycles. The Kier molecular flexibility index (Phi) is 9.85. The summed E-state index contributed by atoms with van der Waals surface area (Å²) in [4.78, 5) is 28.0. The fourth-order valence-electron chi connectivity index (χ4n) is 7.68. The van der Waals surface area contributed by atoms with Gasteiger partial charge in [0.1, 0.15) is 6.20 Å². The van der Waals surface area contributed by atoms with Gasteiger partial charge in [-0.3, -0.25) is 9.36 Å². The van der Waals surface area contributed by atoms with Crippen molar-refractivity contribution in [2.45, 2.75) is 97.8 Å². The van der Waals surface area contributed by atoms with E-state index in [9.17, 15) is 14.9 Å². The van der Waals surface area contributed by atoms with E-state index in [1.165, 1.54) is 98.7 Å². The zero-order valence-electron chi connectivity index (χ0n) is 28.4. The van der Waals surface area contributed by atoms with Gasteiger partial charge in [0.15, 0.2) is 0 Å². The van der Waals surface area contributed by atoms with E-state index in [0.717, 1.165) is 36.2 Å². The van der Waals surface area contributed by atoms with Crippen molar-refractivity contribution in [1.82, 2.24) is 25.1 Å². The molecule has 2 aromatic rings. The van der Waals surface area contributed by atoms with Crippen molar-refractivity contribution in [3.8, 4) is 0 Å². The molecule has 48 heavy (non-hydrogen) atoms.